The minimum Gasteiger partial charge on any atom is -0.480 e. The molecule has 0 rings (SSSR count). The van der Waals surface area contributed by atoms with Crippen molar-refractivity contribution in [2.75, 3.05) is 45.9 Å². The Morgan fingerprint density at radius 3 is 1.39 bits per heavy atom. The molecule has 0 aromatic heterocycles. The van der Waals surface area contributed by atoms with E-state index in [0.29, 0.717) is 0 Å². The molecule has 12 N–H and O–H groups in total. The summed E-state index contributed by atoms with van der Waals surface area (Å²) in [5.41, 5.74) is 5.07. The molecule has 0 saturated carbocycles. The van der Waals surface area contributed by atoms with Crippen LogP contribution in [0.15, 0.2) is 0 Å². The molecule has 0 aromatic carbocycles. The predicted molar refractivity (Wildman–Crippen MR) is 124 cm³/mol. The van der Waals surface area contributed by atoms with E-state index in [9.17, 15) is 48.6 Å². The molecule has 0 aromatic rings. The molecule has 214 valence electrons. The summed E-state index contributed by atoms with van der Waals surface area (Å²) in [6.07, 6.45) is 0. The van der Waals surface area contributed by atoms with Crippen LogP contribution in [0.3, 0.4) is 0 Å². The van der Waals surface area contributed by atoms with Crippen molar-refractivity contribution in [3.63, 3.8) is 0 Å². The average Bonchev–Trinajstić information content (AvgIpc) is 2.88. The van der Waals surface area contributed by atoms with Gasteiger partial charge in [-0.05, 0) is 6.92 Å². The smallest absolute Gasteiger partial charge is 0.322 e. The fraction of sp³-hybridized carbons (Fsp3) is 0.579. The number of carboxylic acid groups (broad SMARTS) is 1. The number of carbonyl (C=O) groups is 8. The highest BCUT2D eigenvalue weighted by Gasteiger charge is 2.24. The zero-order valence-corrected chi connectivity index (χ0v) is 20.4. The van der Waals surface area contributed by atoms with Crippen LogP contribution in [-0.4, -0.2) is 127 Å². The Kier molecular flexibility index (Phi) is 15.9. The number of carboxylic acids is 1. The van der Waals surface area contributed by atoms with Gasteiger partial charge >= 0.3 is 5.97 Å². The first-order valence-corrected chi connectivity index (χ1v) is 11.0. The number of aliphatic hydroxyl groups excluding tert-OH is 2. The van der Waals surface area contributed by atoms with E-state index in [1.165, 1.54) is 6.92 Å². The number of aliphatic carboxylic acids is 1. The Bertz CT molecular complexity index is 898. The summed E-state index contributed by atoms with van der Waals surface area (Å²) in [6, 6.07) is -4.11. The lowest BCUT2D eigenvalue weighted by molar-refractivity contribution is -0.138. The molecule has 0 aliphatic rings. The molecule has 38 heavy (non-hydrogen) atoms. The number of hydrogen-bond acceptors (Lipinski definition) is 11. The van der Waals surface area contributed by atoms with Crippen LogP contribution in [0, 0.1) is 0 Å². The molecule has 7 amide bonds. The summed E-state index contributed by atoms with van der Waals surface area (Å²) in [7, 11) is 0. The van der Waals surface area contributed by atoms with Crippen molar-refractivity contribution >= 4 is 47.3 Å². The molecule has 19 nitrogen and oxygen atoms in total. The van der Waals surface area contributed by atoms with Crippen molar-refractivity contribution in [1.29, 1.82) is 0 Å². The maximum Gasteiger partial charge on any atom is 0.322 e. The van der Waals surface area contributed by atoms with E-state index in [2.05, 4.69) is 31.9 Å². The quantitative estimate of drug-likeness (QED) is 0.0807. The molecular weight excluding hydrogens is 516 g/mol. The van der Waals surface area contributed by atoms with Crippen molar-refractivity contribution < 1.29 is 53.7 Å². The van der Waals surface area contributed by atoms with Crippen molar-refractivity contribution in [1.82, 2.24) is 37.2 Å². The molecule has 0 spiro atoms. The van der Waals surface area contributed by atoms with Gasteiger partial charge in [0.25, 0.3) is 0 Å². The normalized spacial score (nSPS) is 12.5. The standard InChI is InChI=1S/C19H32N8O11/c1-9(17(36)24-6-16(34)35)25-13(31)4-22-18(37)11(8-29)27-15(33)5-23-19(38)10(7-28)26-14(32)3-21-12(30)2-20/h9-11,28-29H,2-8,20H2,1H3,(H,21,30)(H,22,37)(H,23,38)(H,24,36)(H,25,31)(H,26,32)(H,27,33)(H,34,35)/t9-,10-,11-/m0/s1. The molecule has 0 saturated heterocycles. The average molecular weight is 549 g/mol. The first-order valence-electron chi connectivity index (χ1n) is 11.0. The lowest BCUT2D eigenvalue weighted by Gasteiger charge is -2.19. The summed E-state index contributed by atoms with van der Waals surface area (Å²) in [4.78, 5) is 93.0. The van der Waals surface area contributed by atoms with E-state index >= 15 is 0 Å². The van der Waals surface area contributed by atoms with Gasteiger partial charge in [0.2, 0.25) is 41.4 Å². The molecule has 0 unspecified atom stereocenters. The maximum absolute atomic E-state index is 12.1. The number of nitrogens with one attached hydrogen (secondary N) is 7. The number of rotatable bonds is 17. The van der Waals surface area contributed by atoms with Gasteiger partial charge in [-0.3, -0.25) is 38.4 Å². The van der Waals surface area contributed by atoms with Crippen LogP contribution in [-0.2, 0) is 38.4 Å². The first kappa shape index (κ1) is 33.6. The Morgan fingerprint density at radius 1 is 0.605 bits per heavy atom. The lowest BCUT2D eigenvalue weighted by atomic mass is 10.2. The summed E-state index contributed by atoms with van der Waals surface area (Å²) in [6.45, 7) is -3.35. The zero-order chi connectivity index (χ0) is 29.3. The molecule has 0 aliphatic carbocycles. The maximum atomic E-state index is 12.1. The van der Waals surface area contributed by atoms with Crippen LogP contribution in [0.1, 0.15) is 6.92 Å². The van der Waals surface area contributed by atoms with Crippen LogP contribution in [0.25, 0.3) is 0 Å². The van der Waals surface area contributed by atoms with Crippen LogP contribution < -0.4 is 43.0 Å². The highest BCUT2D eigenvalue weighted by atomic mass is 16.4. The van der Waals surface area contributed by atoms with Crippen LogP contribution in [0.5, 0.6) is 0 Å². The van der Waals surface area contributed by atoms with Gasteiger partial charge in [0, 0.05) is 0 Å². The summed E-state index contributed by atoms with van der Waals surface area (Å²) >= 11 is 0. The molecule has 0 aliphatic heterocycles. The molecule has 3 atom stereocenters. The Labute approximate surface area is 215 Å². The number of amides is 7. The highest BCUT2D eigenvalue weighted by molar-refractivity contribution is 5.95. The number of aliphatic hydroxyl groups is 2. The minimum absolute atomic E-state index is 0.361. The molecule has 19 heteroatoms. The van der Waals surface area contributed by atoms with Crippen molar-refractivity contribution in [3.8, 4) is 0 Å². The third-order valence-corrected chi connectivity index (χ3v) is 4.33. The Balaban J connectivity index is 4.56. The van der Waals surface area contributed by atoms with E-state index in [1.54, 1.807) is 0 Å². The second-order valence-electron chi connectivity index (χ2n) is 7.42. The Morgan fingerprint density at radius 2 is 1.00 bits per heavy atom. The van der Waals surface area contributed by atoms with Gasteiger partial charge in [-0.2, -0.15) is 0 Å². The summed E-state index contributed by atoms with van der Waals surface area (Å²) in [5.74, 6) is -7.23. The fourth-order valence-corrected chi connectivity index (χ4v) is 2.39. The molecule has 0 heterocycles. The summed E-state index contributed by atoms with van der Waals surface area (Å²) < 4.78 is 0. The Hall–Kier alpha value is -4.36. The fourth-order valence-electron chi connectivity index (χ4n) is 2.39. The number of nitrogens with two attached hydrogens (primary N) is 1. The molecule has 0 radical (unpaired) electrons. The monoisotopic (exact) mass is 548 g/mol. The van der Waals surface area contributed by atoms with E-state index in [-0.39, 0.29) is 6.54 Å². The lowest BCUT2D eigenvalue weighted by Crippen LogP contribution is -2.55. The van der Waals surface area contributed by atoms with E-state index in [0.717, 1.165) is 0 Å². The van der Waals surface area contributed by atoms with Gasteiger partial charge < -0.3 is 58.3 Å². The highest BCUT2D eigenvalue weighted by Crippen LogP contribution is 1.87. The third-order valence-electron chi connectivity index (χ3n) is 4.33. The number of hydrogen-bond donors (Lipinski definition) is 11. The van der Waals surface area contributed by atoms with E-state index in [1.807, 2.05) is 5.32 Å². The third kappa shape index (κ3) is 14.3. The van der Waals surface area contributed by atoms with Gasteiger partial charge in [0.1, 0.15) is 24.7 Å². The zero-order valence-electron chi connectivity index (χ0n) is 20.4. The van der Waals surface area contributed by atoms with Crippen LogP contribution in [0.2, 0.25) is 0 Å². The minimum atomic E-state index is -1.53. The van der Waals surface area contributed by atoms with Crippen LogP contribution in [0.4, 0.5) is 0 Å². The van der Waals surface area contributed by atoms with Gasteiger partial charge in [-0.15, -0.1) is 0 Å². The predicted octanol–water partition coefficient (Wildman–Crippen LogP) is -8.05. The largest absolute Gasteiger partial charge is 0.480 e. The molecule has 0 bridgehead atoms. The van der Waals surface area contributed by atoms with Gasteiger partial charge in [-0.1, -0.05) is 0 Å². The first-order chi connectivity index (χ1) is 17.8. The van der Waals surface area contributed by atoms with Crippen molar-refractivity contribution in [2.24, 2.45) is 5.73 Å². The van der Waals surface area contributed by atoms with Gasteiger partial charge in [0.15, 0.2) is 0 Å². The summed E-state index contributed by atoms with van der Waals surface area (Å²) in [5, 5.41) is 42.0. The van der Waals surface area contributed by atoms with E-state index in [4.69, 9.17) is 10.8 Å². The topological polar surface area (TPSA) is 307 Å². The van der Waals surface area contributed by atoms with E-state index < -0.39 is 105 Å². The van der Waals surface area contributed by atoms with Gasteiger partial charge in [0.05, 0.1) is 39.4 Å². The molecule has 0 fully saturated rings. The van der Waals surface area contributed by atoms with Crippen molar-refractivity contribution in [3.05, 3.63) is 0 Å². The SMILES string of the molecule is C[C@H](NC(=O)CNC(=O)[C@H](CO)NC(=O)CNC(=O)[C@H](CO)NC(=O)CNC(=O)CN)C(=O)NCC(=O)O. The second-order valence-corrected chi connectivity index (χ2v) is 7.42. The van der Waals surface area contributed by atoms with Gasteiger partial charge in [-0.25, -0.2) is 0 Å². The van der Waals surface area contributed by atoms with Crippen molar-refractivity contribution in [2.45, 2.75) is 25.0 Å². The second kappa shape index (κ2) is 18.0. The van der Waals surface area contributed by atoms with Crippen LogP contribution >= 0.6 is 0 Å². The number of carbonyl (C=O) groups excluding carboxylic acids is 7. The molecular formula is C19H32N8O11.